The van der Waals surface area contributed by atoms with Crippen LogP contribution in [-0.4, -0.2) is 69.1 Å². The molecule has 298 valence electrons. The molecule has 1 aliphatic rings. The van der Waals surface area contributed by atoms with Gasteiger partial charge in [0.2, 0.25) is 0 Å². The van der Waals surface area contributed by atoms with Gasteiger partial charge in [0.25, 0.3) is 0 Å². The standard InChI is InChI=1S/C46H49NO10/c1-50-44(48)39(47-46(49)56-31-38-25-15-6-16-26-38)32-55-45-43(54-30-37-23-13-5-14-24-37)42(53-29-36-21-11-4-12-22-36)41(52-28-35-19-9-3-10-20-35)40(57-45)33-51-27-34-17-7-2-8-18-34/h2-26,39-43,45H,27-33H2,1H3,(H,47,49)/t39-,40+,41+,42-,43-,45-/m0/s1. The molecule has 57 heavy (non-hydrogen) atoms. The van der Waals surface area contributed by atoms with Gasteiger partial charge in [-0.05, 0) is 27.8 Å². The number of carbonyl (C=O) groups excluding carboxylic acids is 2. The maximum Gasteiger partial charge on any atom is 0.408 e. The zero-order valence-corrected chi connectivity index (χ0v) is 31.9. The van der Waals surface area contributed by atoms with Crippen LogP contribution in [-0.2, 0) is 75.7 Å². The van der Waals surface area contributed by atoms with E-state index in [0.29, 0.717) is 6.61 Å². The van der Waals surface area contributed by atoms with Crippen LogP contribution < -0.4 is 5.32 Å². The molecule has 0 bridgehead atoms. The number of hydrogen-bond donors (Lipinski definition) is 1. The second kappa shape index (κ2) is 22.4. The molecule has 0 spiro atoms. The van der Waals surface area contributed by atoms with Crippen LogP contribution in [0.4, 0.5) is 4.79 Å². The first kappa shape index (κ1) is 41.2. The first-order valence-electron chi connectivity index (χ1n) is 19.0. The summed E-state index contributed by atoms with van der Waals surface area (Å²) in [6.07, 6.45) is -4.94. The average molecular weight is 776 g/mol. The normalized spacial score (nSPS) is 19.6. The van der Waals surface area contributed by atoms with Crippen LogP contribution in [0.25, 0.3) is 0 Å². The smallest absolute Gasteiger partial charge is 0.408 e. The van der Waals surface area contributed by atoms with Crippen molar-refractivity contribution in [3.05, 3.63) is 179 Å². The van der Waals surface area contributed by atoms with Crippen LogP contribution in [0.5, 0.6) is 0 Å². The molecule has 0 aliphatic carbocycles. The van der Waals surface area contributed by atoms with Crippen molar-refractivity contribution in [3.8, 4) is 0 Å². The number of ether oxygens (including phenoxy) is 8. The van der Waals surface area contributed by atoms with E-state index in [0.717, 1.165) is 27.8 Å². The molecule has 0 radical (unpaired) electrons. The third-order valence-electron chi connectivity index (χ3n) is 9.26. The van der Waals surface area contributed by atoms with Crippen molar-refractivity contribution < 1.29 is 47.5 Å². The van der Waals surface area contributed by atoms with E-state index in [2.05, 4.69) is 5.32 Å². The van der Waals surface area contributed by atoms with Gasteiger partial charge in [-0.15, -0.1) is 0 Å². The van der Waals surface area contributed by atoms with Crippen molar-refractivity contribution in [3.63, 3.8) is 0 Å². The van der Waals surface area contributed by atoms with Gasteiger partial charge in [0.05, 0.1) is 46.8 Å². The minimum absolute atomic E-state index is 0.0119. The van der Waals surface area contributed by atoms with Crippen molar-refractivity contribution >= 4 is 12.1 Å². The lowest BCUT2D eigenvalue weighted by atomic mass is 9.97. The highest BCUT2D eigenvalue weighted by atomic mass is 16.7. The Morgan fingerprint density at radius 1 is 0.544 bits per heavy atom. The minimum atomic E-state index is -1.24. The van der Waals surface area contributed by atoms with Crippen molar-refractivity contribution in [2.45, 2.75) is 69.8 Å². The summed E-state index contributed by atoms with van der Waals surface area (Å²) < 4.78 is 49.9. The van der Waals surface area contributed by atoms with Gasteiger partial charge >= 0.3 is 12.1 Å². The van der Waals surface area contributed by atoms with E-state index in [-0.39, 0.29) is 39.6 Å². The SMILES string of the molecule is COC(=O)[C@H](CO[C@H]1O[C@H](COCc2ccccc2)[C@@H](OCc2ccccc2)[C@H](OCc2ccccc2)[C@@H]1OCc1ccccc1)NC(=O)OCc1ccccc1. The van der Waals surface area contributed by atoms with Gasteiger partial charge in [0.1, 0.15) is 31.0 Å². The molecule has 6 rings (SSSR count). The second-order valence-electron chi connectivity index (χ2n) is 13.4. The summed E-state index contributed by atoms with van der Waals surface area (Å²) in [7, 11) is 1.23. The summed E-state index contributed by atoms with van der Waals surface area (Å²) in [4.78, 5) is 25.9. The van der Waals surface area contributed by atoms with Gasteiger partial charge in [0.15, 0.2) is 12.3 Å². The Labute approximate surface area is 333 Å². The first-order valence-corrected chi connectivity index (χ1v) is 19.0. The number of hydrogen-bond acceptors (Lipinski definition) is 10. The van der Waals surface area contributed by atoms with E-state index in [1.165, 1.54) is 7.11 Å². The van der Waals surface area contributed by atoms with E-state index in [1.54, 1.807) is 0 Å². The lowest BCUT2D eigenvalue weighted by Crippen LogP contribution is -2.62. The van der Waals surface area contributed by atoms with E-state index in [4.69, 9.17) is 37.9 Å². The monoisotopic (exact) mass is 775 g/mol. The van der Waals surface area contributed by atoms with E-state index in [1.807, 2.05) is 152 Å². The van der Waals surface area contributed by atoms with Crippen LogP contribution >= 0.6 is 0 Å². The van der Waals surface area contributed by atoms with Gasteiger partial charge < -0.3 is 43.2 Å². The molecule has 1 N–H and O–H groups in total. The molecular formula is C46H49NO10. The van der Waals surface area contributed by atoms with Crippen LogP contribution in [0.3, 0.4) is 0 Å². The summed E-state index contributed by atoms with van der Waals surface area (Å²) in [6.45, 7) is 0.845. The minimum Gasteiger partial charge on any atom is -0.467 e. The van der Waals surface area contributed by atoms with E-state index in [9.17, 15) is 9.59 Å². The Morgan fingerprint density at radius 3 is 1.44 bits per heavy atom. The summed E-state index contributed by atoms with van der Waals surface area (Å²) in [5.74, 6) is -0.729. The van der Waals surface area contributed by atoms with Crippen LogP contribution in [0.1, 0.15) is 27.8 Å². The number of rotatable bonds is 20. The van der Waals surface area contributed by atoms with Gasteiger partial charge in [-0.1, -0.05) is 152 Å². The maximum atomic E-state index is 13.0. The Balaban J connectivity index is 1.27. The topological polar surface area (TPSA) is 120 Å². The molecule has 11 nitrogen and oxygen atoms in total. The number of benzene rings is 5. The Kier molecular flexibility index (Phi) is 16.2. The number of amides is 1. The number of esters is 1. The molecule has 0 unspecified atom stereocenters. The predicted octanol–water partition coefficient (Wildman–Crippen LogP) is 7.17. The fourth-order valence-electron chi connectivity index (χ4n) is 6.29. The largest absolute Gasteiger partial charge is 0.467 e. The fourth-order valence-corrected chi connectivity index (χ4v) is 6.29. The zero-order valence-electron chi connectivity index (χ0n) is 31.9. The molecule has 1 amide bonds. The highest BCUT2D eigenvalue weighted by Crippen LogP contribution is 2.32. The average Bonchev–Trinajstić information content (AvgIpc) is 3.27. The quantitative estimate of drug-likeness (QED) is 0.0816. The van der Waals surface area contributed by atoms with Gasteiger partial charge in [-0.3, -0.25) is 0 Å². The molecule has 11 heteroatoms. The molecule has 6 atom stereocenters. The number of carbonyl (C=O) groups is 2. The summed E-state index contributed by atoms with van der Waals surface area (Å²) in [5.41, 5.74) is 4.62. The number of nitrogens with one attached hydrogen (secondary N) is 1. The first-order chi connectivity index (χ1) is 28.1. The van der Waals surface area contributed by atoms with Gasteiger partial charge in [-0.2, -0.15) is 0 Å². The lowest BCUT2D eigenvalue weighted by molar-refractivity contribution is -0.329. The molecule has 0 aromatic heterocycles. The van der Waals surface area contributed by atoms with Crippen LogP contribution in [0.15, 0.2) is 152 Å². The van der Waals surface area contributed by atoms with E-state index >= 15 is 0 Å². The lowest BCUT2D eigenvalue weighted by Gasteiger charge is -2.46. The zero-order chi connectivity index (χ0) is 39.5. The summed E-state index contributed by atoms with van der Waals surface area (Å²) in [6, 6.07) is 47.2. The van der Waals surface area contributed by atoms with E-state index < -0.39 is 48.8 Å². The number of methoxy groups -OCH3 is 1. The summed E-state index contributed by atoms with van der Waals surface area (Å²) in [5, 5.41) is 2.58. The highest BCUT2D eigenvalue weighted by molar-refractivity contribution is 5.81. The molecule has 1 heterocycles. The second-order valence-corrected chi connectivity index (χ2v) is 13.4. The molecule has 5 aromatic rings. The van der Waals surface area contributed by atoms with Crippen molar-refractivity contribution in [1.29, 1.82) is 0 Å². The van der Waals surface area contributed by atoms with Gasteiger partial charge in [0, 0.05) is 0 Å². The summed E-state index contributed by atoms with van der Waals surface area (Å²) >= 11 is 0. The Bertz CT molecular complexity index is 1890. The number of alkyl carbamates (subject to hydrolysis) is 1. The molecular weight excluding hydrogens is 727 g/mol. The van der Waals surface area contributed by atoms with Crippen molar-refractivity contribution in [1.82, 2.24) is 5.32 Å². The molecule has 1 saturated heterocycles. The van der Waals surface area contributed by atoms with Crippen molar-refractivity contribution in [2.75, 3.05) is 20.3 Å². The Morgan fingerprint density at radius 2 is 0.965 bits per heavy atom. The van der Waals surface area contributed by atoms with Crippen molar-refractivity contribution in [2.24, 2.45) is 0 Å². The molecule has 1 aliphatic heterocycles. The third-order valence-corrected chi connectivity index (χ3v) is 9.26. The highest BCUT2D eigenvalue weighted by Gasteiger charge is 2.49. The Hall–Kier alpha value is -5.40. The van der Waals surface area contributed by atoms with Crippen LogP contribution in [0, 0.1) is 0 Å². The fraction of sp³-hybridized carbons (Fsp3) is 0.304. The predicted molar refractivity (Wildman–Crippen MR) is 211 cm³/mol. The molecule has 5 aromatic carbocycles. The van der Waals surface area contributed by atoms with Gasteiger partial charge in [-0.25, -0.2) is 9.59 Å². The molecule has 0 saturated carbocycles. The maximum absolute atomic E-state index is 13.0. The third kappa shape index (κ3) is 13.1. The van der Waals surface area contributed by atoms with Crippen LogP contribution in [0.2, 0.25) is 0 Å². The molecule has 1 fully saturated rings.